The number of pyridine rings is 3. The summed E-state index contributed by atoms with van der Waals surface area (Å²) in [6.45, 7) is -29.8. The Morgan fingerprint density at radius 1 is 0.368 bits per heavy atom. The number of anilines is 6. The van der Waals surface area contributed by atoms with Crippen LogP contribution in [0.5, 0.6) is 0 Å². The second-order valence-corrected chi connectivity index (χ2v) is 48.2. The van der Waals surface area contributed by atoms with E-state index in [0.717, 1.165) is 21.8 Å². The van der Waals surface area contributed by atoms with Crippen LogP contribution < -0.4 is 51.1 Å². The number of H-pyrrole nitrogens is 3. The molecule has 12 aromatic rings. The molecule has 730 valence electrons. The van der Waals surface area contributed by atoms with Crippen LogP contribution in [0.1, 0.15) is 37.4 Å². The van der Waals surface area contributed by atoms with Crippen molar-refractivity contribution in [2.24, 2.45) is 0 Å². The van der Waals surface area contributed by atoms with Crippen molar-refractivity contribution in [2.75, 3.05) is 80.7 Å². The fraction of sp³-hybridized carbons (Fsp3) is 0.484. The minimum atomic E-state index is -4.44. The van der Waals surface area contributed by atoms with Crippen molar-refractivity contribution in [1.29, 1.82) is 0 Å². The van der Waals surface area contributed by atoms with E-state index in [1.54, 1.807) is 10.6 Å². The highest BCUT2D eigenvalue weighted by Crippen LogP contribution is 2.63. The highest BCUT2D eigenvalue weighted by molar-refractivity contribution is 8.44. The summed E-state index contributed by atoms with van der Waals surface area (Å²) in [6, 6.07) is 4.63. The Morgan fingerprint density at radius 2 is 0.669 bits per heavy atom. The molecular formula is C64H70F5N27O28P6S6. The molecule has 20 N–H and O–H groups in total. The summed E-state index contributed by atoms with van der Waals surface area (Å²) < 4.78 is 209. The maximum Gasteiger partial charge on any atom is 0.386 e. The zero-order valence-electron chi connectivity index (χ0n) is 67.9. The van der Waals surface area contributed by atoms with Crippen molar-refractivity contribution < 1.29 is 138 Å². The van der Waals surface area contributed by atoms with Crippen LogP contribution in [0.4, 0.5) is 56.9 Å². The molecule has 30 atom stereocenters. The van der Waals surface area contributed by atoms with Gasteiger partial charge in [-0.05, 0) is 77.2 Å². The van der Waals surface area contributed by atoms with E-state index in [1.165, 1.54) is 69.7 Å². The second-order valence-electron chi connectivity index (χ2n) is 31.3. The first-order valence-corrected chi connectivity index (χ1v) is 55.2. The summed E-state index contributed by atoms with van der Waals surface area (Å²) >= 11 is 30.1. The Bertz CT molecular complexity index is 6980. The molecule has 10 aliphatic rings. The summed E-state index contributed by atoms with van der Waals surface area (Å²) in [5.41, 5.74) is 33.7. The number of halogens is 5. The number of aromatic nitrogens is 21. The first-order valence-electron chi connectivity index (χ1n) is 39.6. The van der Waals surface area contributed by atoms with Crippen LogP contribution in [0.2, 0.25) is 0 Å². The van der Waals surface area contributed by atoms with Crippen LogP contribution >= 0.6 is 52.6 Å². The maximum atomic E-state index is 16.0. The molecule has 10 aliphatic heterocycles. The Kier molecular flexibility index (Phi) is 25.4. The Labute approximate surface area is 783 Å². The molecule has 0 aromatic carbocycles. The van der Waals surface area contributed by atoms with Gasteiger partial charge in [-0.15, -0.1) is 0 Å². The van der Waals surface area contributed by atoms with Crippen molar-refractivity contribution in [3.63, 3.8) is 0 Å². The number of hydrogen-bond donors (Lipinski definition) is 15. The minimum absolute atomic E-state index is 0.0537. The molecule has 136 heavy (non-hydrogen) atoms. The van der Waals surface area contributed by atoms with E-state index in [4.69, 9.17) is 181 Å². The molecule has 12 aromatic heterocycles. The molecule has 0 spiro atoms. The molecule has 22 rings (SSSR count). The first-order chi connectivity index (χ1) is 64.5. The molecule has 55 nitrogen and oxygen atoms in total. The number of hydrogen-bond acceptors (Lipinski definition) is 46. The van der Waals surface area contributed by atoms with Gasteiger partial charge < -0.3 is 115 Å². The van der Waals surface area contributed by atoms with Crippen molar-refractivity contribution in [3.8, 4) is 0 Å². The van der Waals surface area contributed by atoms with Gasteiger partial charge in [0.2, 0.25) is 17.8 Å². The smallest absolute Gasteiger partial charge is 0.386 e. The summed E-state index contributed by atoms with van der Waals surface area (Å²) in [6.07, 6.45) is -23.9. The third kappa shape index (κ3) is 17.9. The lowest BCUT2D eigenvalue weighted by Crippen LogP contribution is -2.45. The molecule has 22 heterocycles. The van der Waals surface area contributed by atoms with Crippen LogP contribution in [-0.2, 0) is 151 Å². The molecule has 0 saturated carbocycles. The van der Waals surface area contributed by atoms with Gasteiger partial charge in [0.05, 0.1) is 101 Å². The second kappa shape index (κ2) is 36.0. The van der Waals surface area contributed by atoms with Crippen molar-refractivity contribution in [3.05, 3.63) is 106 Å². The highest BCUT2D eigenvalue weighted by Gasteiger charge is 2.66. The standard InChI is InChI=1S/C22H24FN9O10P2S2.2C21H23F2N9O9P2S2/c23-10-9-3-37-43(34,45)42-15-14-20(31-6-27-11-8(24)1-2-26-16(11)31)40-22(15,4-36-14)5-38-44(35,46)41-13(10)19(39-9)32-7-28-12-17(32)29-21(25)30-18(12)33;2*22-10-8-3-36-42(34,44)40-14-9(39-19(11(14)23)31-5-27-12-7(24)1-2-26-16(12)31)4-37-43(35,45)41-15(10)20(38-8)32-6-28-13-17(32)29-21(25)30-18(13)33/h1-2,6-7,9-10,13-15,19-20H,3-5H2,(H2,24,26)(H,34,45)(H,35,46)(H3,25,29,30,33);2*1-2,5-6,8-11,14-15,19-20H,3-4H2,(H2,24,26)(H,34,44)(H,35,45)(H3,25,29,30,33)/t9-,10-,13+,14-,15+,19-,20-,22-,43?,44?;2*8-,9-,10-,11+,14-,15+,19-,20-,42?,43?/m111/s1. The lowest BCUT2D eigenvalue weighted by atomic mass is 10.0. The van der Waals surface area contributed by atoms with Crippen molar-refractivity contribution >= 4 is 214 Å². The first kappa shape index (κ1) is 95.8. The van der Waals surface area contributed by atoms with Crippen molar-refractivity contribution in [1.82, 2.24) is 102 Å². The predicted octanol–water partition coefficient (Wildman–Crippen LogP) is 1.60. The quantitative estimate of drug-likeness (QED) is 0.0638. The molecule has 10 fully saturated rings. The molecular weight excluding hydrogens is 2070 g/mol. The Balaban J connectivity index is 0.000000126. The normalized spacial score (nSPS) is 38.4. The minimum Gasteiger partial charge on any atom is -0.397 e. The highest BCUT2D eigenvalue weighted by atomic mass is 32.7. The largest absolute Gasteiger partial charge is 0.397 e. The summed E-state index contributed by atoms with van der Waals surface area (Å²) in [7, 11) is 0. The Hall–Kier alpha value is -7.77. The van der Waals surface area contributed by atoms with E-state index in [1.807, 2.05) is 0 Å². The number of ether oxygens (including phenoxy) is 7. The van der Waals surface area contributed by atoms with E-state index in [2.05, 4.69) is 87.0 Å². The number of aromatic amines is 3. The van der Waals surface area contributed by atoms with Crippen LogP contribution in [0, 0.1) is 0 Å². The number of nitrogens with two attached hydrogens (primary N) is 6. The summed E-state index contributed by atoms with van der Waals surface area (Å²) in [4.78, 5) is 149. The lowest BCUT2D eigenvalue weighted by Gasteiger charge is -2.33. The van der Waals surface area contributed by atoms with Crippen molar-refractivity contribution in [2.45, 2.75) is 147 Å². The summed E-state index contributed by atoms with van der Waals surface area (Å²) in [5, 5.41) is 0. The lowest BCUT2D eigenvalue weighted by molar-refractivity contribution is -0.183. The number of nitrogens with one attached hydrogen (secondary N) is 3. The monoisotopic (exact) mass is 2140 g/mol. The van der Waals surface area contributed by atoms with Gasteiger partial charge in [0, 0.05) is 18.6 Å². The number of rotatable bonds is 6. The van der Waals surface area contributed by atoms with Gasteiger partial charge in [-0.25, -0.2) is 71.4 Å². The molecule has 6 unspecified atom stereocenters. The number of nitrogen functional groups attached to an aromatic ring is 6. The maximum absolute atomic E-state index is 16.0. The zero-order valence-corrected chi connectivity index (χ0v) is 78.2. The SMILES string of the molecule is Nc1nc2c(ncn2[C@@H]2O[C@@H]3COP(=O)(S)O[C@H]4[C@H](F)[C@H](n5cnc6c(N)ccnc65)O[C@@H]4COP(O)(=S)O[C@H]2[C@@H]3F)c(=O)[nH]1.Nc1nc2c(ncn2[C@@H]2O[C@@H]3COP(O)(=S)O[C@H]4[C@H](F)[C@H](n5cnc6c(N)ccnc65)O[C@@H]4COP(O)(=S)O[C@H]2[C@@H]3F)c(=O)[nH]1.Nc1nc2c(ncn2[C@@H]2O[C@@H]3COP(O)(=S)O[C@H]4[C@H]5OC[C@]4(COP(O)(=S)O[C@H]2[C@@H]3F)O[C@H]5n2cnc3c(N)ccnc32)c(=O)[nH]1. The van der Waals surface area contributed by atoms with E-state index < -0.39 is 244 Å². The number of alkyl halides is 5. The fourth-order valence-corrected chi connectivity index (χ4v) is 25.3. The van der Waals surface area contributed by atoms with E-state index in [0.29, 0.717) is 28.1 Å². The number of imidazole rings is 6. The average Bonchev–Trinajstić information content (AvgIpc) is 1.55. The van der Waals surface area contributed by atoms with Gasteiger partial charge in [-0.3, -0.25) is 88.4 Å². The van der Waals surface area contributed by atoms with Gasteiger partial charge in [0.15, 0.2) is 119 Å². The Morgan fingerprint density at radius 3 is 1.04 bits per heavy atom. The van der Waals surface area contributed by atoms with E-state index in [9.17, 15) is 43.4 Å². The third-order valence-electron chi connectivity index (χ3n) is 22.8. The topological polar surface area (TPSA) is 733 Å². The van der Waals surface area contributed by atoms with Gasteiger partial charge in [0.1, 0.15) is 95.4 Å². The van der Waals surface area contributed by atoms with Crippen LogP contribution in [0.3, 0.4) is 0 Å². The van der Waals surface area contributed by atoms with Crippen LogP contribution in [0.25, 0.3) is 67.0 Å². The number of nitrogens with zero attached hydrogens (tertiary/aromatic N) is 18. The van der Waals surface area contributed by atoms with E-state index in [-0.39, 0.29) is 80.4 Å². The van der Waals surface area contributed by atoms with Gasteiger partial charge in [-0.2, -0.15) is 15.0 Å². The molecule has 0 aliphatic carbocycles. The third-order valence-corrected chi connectivity index (χ3v) is 32.2. The van der Waals surface area contributed by atoms with Gasteiger partial charge in [0.25, 0.3) is 16.7 Å². The van der Waals surface area contributed by atoms with Crippen LogP contribution in [-0.4, -0.2) is 283 Å². The van der Waals surface area contributed by atoms with Gasteiger partial charge in [-0.1, -0.05) is 12.2 Å². The molecule has 0 amide bonds. The molecule has 72 heteroatoms. The zero-order chi connectivity index (χ0) is 95.8. The number of thiol groups is 1. The molecule has 8 bridgehead atoms. The van der Waals surface area contributed by atoms with Crippen LogP contribution in [0.15, 0.2) is 89.1 Å². The average molecular weight is 2140 g/mol. The van der Waals surface area contributed by atoms with E-state index >= 15 is 22.0 Å². The molecule has 10 saturated heterocycles. The predicted molar refractivity (Wildman–Crippen MR) is 474 cm³/mol. The fourth-order valence-electron chi connectivity index (χ4n) is 16.7. The van der Waals surface area contributed by atoms with Gasteiger partial charge >= 0.3 is 40.4 Å². The summed E-state index contributed by atoms with van der Waals surface area (Å²) in [5.74, 6) is -0.743. The molecule has 0 radical (unpaired) electrons. The number of fused-ring (bicyclic) bond motifs is 14.